The lowest BCUT2D eigenvalue weighted by Gasteiger charge is -2.15. The average molecular weight is 279 g/mol. The summed E-state index contributed by atoms with van der Waals surface area (Å²) in [4.78, 5) is 21.5. The summed E-state index contributed by atoms with van der Waals surface area (Å²) in [6.07, 6.45) is 1.56. The monoisotopic (exact) mass is 279 g/mol. The lowest BCUT2D eigenvalue weighted by atomic mass is 10.0. The van der Waals surface area contributed by atoms with E-state index in [1.165, 1.54) is 0 Å². The van der Waals surface area contributed by atoms with Crippen molar-refractivity contribution in [1.82, 2.24) is 5.32 Å². The number of hydrogen-bond donors (Lipinski definition) is 2. The maximum Gasteiger partial charge on any atom is 0.307 e. The van der Waals surface area contributed by atoms with Gasteiger partial charge in [-0.25, -0.2) is 0 Å². The van der Waals surface area contributed by atoms with Crippen molar-refractivity contribution in [3.63, 3.8) is 0 Å². The van der Waals surface area contributed by atoms with Gasteiger partial charge in [-0.15, -0.1) is 0 Å². The molecule has 20 heavy (non-hydrogen) atoms. The molecule has 0 aliphatic heterocycles. The molecule has 112 valence electrons. The molecule has 1 rings (SSSR count). The molecule has 0 aromatic heterocycles. The minimum absolute atomic E-state index is 0.0294. The Kier molecular flexibility index (Phi) is 9.30. The summed E-state index contributed by atoms with van der Waals surface area (Å²) in [5, 5.41) is 11.8. The lowest BCUT2D eigenvalue weighted by Crippen LogP contribution is -2.37. The van der Waals surface area contributed by atoms with Crippen molar-refractivity contribution in [2.24, 2.45) is 0 Å². The van der Waals surface area contributed by atoms with E-state index in [0.29, 0.717) is 6.42 Å². The third-order valence-corrected chi connectivity index (χ3v) is 2.55. The van der Waals surface area contributed by atoms with E-state index in [2.05, 4.69) is 5.32 Å². The first kappa shape index (κ1) is 18.3. The van der Waals surface area contributed by atoms with Gasteiger partial charge >= 0.3 is 5.97 Å². The van der Waals surface area contributed by atoms with Gasteiger partial charge in [-0.2, -0.15) is 0 Å². The van der Waals surface area contributed by atoms with Crippen LogP contribution in [0.25, 0.3) is 0 Å². The van der Waals surface area contributed by atoms with Gasteiger partial charge in [-0.1, -0.05) is 52.0 Å². The summed E-state index contributed by atoms with van der Waals surface area (Å²) in [7, 11) is 0. The molecule has 1 atom stereocenters. The highest BCUT2D eigenvalue weighted by Gasteiger charge is 2.09. The highest BCUT2D eigenvalue weighted by Crippen LogP contribution is 2.07. The van der Waals surface area contributed by atoms with Crippen LogP contribution >= 0.6 is 0 Å². The van der Waals surface area contributed by atoms with Crippen LogP contribution in [0.3, 0.4) is 0 Å². The smallest absolute Gasteiger partial charge is 0.307 e. The fourth-order valence-electron chi connectivity index (χ4n) is 1.80. The van der Waals surface area contributed by atoms with Gasteiger partial charge in [0.2, 0.25) is 0 Å². The molecule has 4 nitrogen and oxygen atoms in total. The Labute approximate surface area is 121 Å². The fourth-order valence-corrected chi connectivity index (χ4v) is 1.80. The first-order valence-corrected chi connectivity index (χ1v) is 7.02. The maximum absolute atomic E-state index is 10.9. The van der Waals surface area contributed by atoms with Crippen molar-refractivity contribution in [3.05, 3.63) is 35.4 Å². The van der Waals surface area contributed by atoms with Gasteiger partial charge < -0.3 is 15.2 Å². The van der Waals surface area contributed by atoms with E-state index in [0.717, 1.165) is 17.4 Å². The second-order valence-electron chi connectivity index (χ2n) is 4.66. The molecule has 0 aliphatic rings. The Morgan fingerprint density at radius 3 is 2.10 bits per heavy atom. The third kappa shape index (κ3) is 7.69. The van der Waals surface area contributed by atoms with Crippen LogP contribution in [-0.4, -0.2) is 29.4 Å². The number of benzene rings is 1. The van der Waals surface area contributed by atoms with Crippen molar-refractivity contribution in [2.45, 2.75) is 52.6 Å². The minimum atomic E-state index is -0.838. The number of hydrogen-bond acceptors (Lipinski definition) is 3. The molecule has 0 saturated carbocycles. The molecule has 0 amide bonds. The van der Waals surface area contributed by atoms with Gasteiger partial charge in [-0.3, -0.25) is 4.79 Å². The largest absolute Gasteiger partial charge is 0.481 e. The van der Waals surface area contributed by atoms with E-state index in [-0.39, 0.29) is 18.5 Å². The number of rotatable bonds is 7. The average Bonchev–Trinajstić information content (AvgIpc) is 2.41. The van der Waals surface area contributed by atoms with Crippen molar-refractivity contribution in [2.75, 3.05) is 0 Å². The van der Waals surface area contributed by atoms with Crippen LogP contribution in [0.5, 0.6) is 0 Å². The highest BCUT2D eigenvalue weighted by molar-refractivity contribution is 5.70. The van der Waals surface area contributed by atoms with E-state index >= 15 is 0 Å². The Balaban J connectivity index is 0.00000172. The van der Waals surface area contributed by atoms with Crippen molar-refractivity contribution in [1.29, 1.82) is 0 Å². The predicted octanol–water partition coefficient (Wildman–Crippen LogP) is 2.45. The standard InChI is InChI=1S/C14H19NO3.C2H6/c1-10(2)15-13(9-16)7-11-3-5-12(6-4-11)8-14(17)18;1-2/h3-6,9-10,13,15H,7-8H2,1-2H3,(H,17,18);1-2H3. The summed E-state index contributed by atoms with van der Waals surface area (Å²) >= 11 is 0. The van der Waals surface area contributed by atoms with Crippen LogP contribution in [0.15, 0.2) is 24.3 Å². The van der Waals surface area contributed by atoms with Gasteiger partial charge in [0.1, 0.15) is 6.29 Å². The molecule has 0 aliphatic carbocycles. The van der Waals surface area contributed by atoms with E-state index in [1.807, 2.05) is 39.8 Å². The Bertz CT molecular complexity index is 399. The quantitative estimate of drug-likeness (QED) is 0.752. The molecule has 0 saturated heterocycles. The van der Waals surface area contributed by atoms with E-state index in [9.17, 15) is 9.59 Å². The number of carboxylic acids is 1. The Hall–Kier alpha value is -1.68. The summed E-state index contributed by atoms with van der Waals surface area (Å²) in [6.45, 7) is 7.99. The number of aldehydes is 1. The lowest BCUT2D eigenvalue weighted by molar-refractivity contribution is -0.136. The zero-order chi connectivity index (χ0) is 15.5. The van der Waals surface area contributed by atoms with Crippen LogP contribution < -0.4 is 5.32 Å². The molecule has 2 N–H and O–H groups in total. The van der Waals surface area contributed by atoms with E-state index in [1.54, 1.807) is 12.1 Å². The normalized spacial score (nSPS) is 11.4. The second-order valence-corrected chi connectivity index (χ2v) is 4.66. The van der Waals surface area contributed by atoms with E-state index < -0.39 is 5.97 Å². The molecular formula is C16H25NO3. The first-order chi connectivity index (χ1) is 9.51. The number of carboxylic acid groups (broad SMARTS) is 1. The Morgan fingerprint density at radius 2 is 1.70 bits per heavy atom. The van der Waals surface area contributed by atoms with Crippen LogP contribution in [0, 0.1) is 0 Å². The number of carbonyl (C=O) groups excluding carboxylic acids is 1. The van der Waals surface area contributed by atoms with Crippen molar-refractivity contribution < 1.29 is 14.7 Å². The third-order valence-electron chi connectivity index (χ3n) is 2.55. The van der Waals surface area contributed by atoms with Gasteiger partial charge in [0.15, 0.2) is 0 Å². The molecule has 4 heteroatoms. The molecule has 0 spiro atoms. The predicted molar refractivity (Wildman–Crippen MR) is 81.0 cm³/mol. The summed E-state index contributed by atoms with van der Waals surface area (Å²) < 4.78 is 0. The SMILES string of the molecule is CC.CC(C)NC(C=O)Cc1ccc(CC(=O)O)cc1. The molecule has 1 unspecified atom stereocenters. The molecule has 0 heterocycles. The molecule has 1 aromatic carbocycles. The van der Waals surface area contributed by atoms with Gasteiger partial charge in [0, 0.05) is 6.04 Å². The van der Waals surface area contributed by atoms with Crippen molar-refractivity contribution >= 4 is 12.3 Å². The fraction of sp³-hybridized carbons (Fsp3) is 0.500. The zero-order valence-electron chi connectivity index (χ0n) is 12.7. The molecule has 0 bridgehead atoms. The minimum Gasteiger partial charge on any atom is -0.481 e. The molecular weight excluding hydrogens is 254 g/mol. The number of nitrogens with one attached hydrogen (secondary N) is 1. The molecule has 1 aromatic rings. The summed E-state index contributed by atoms with van der Waals surface area (Å²) in [6, 6.07) is 7.39. The number of carbonyl (C=O) groups is 2. The van der Waals surface area contributed by atoms with Crippen LogP contribution in [-0.2, 0) is 22.4 Å². The molecule has 0 radical (unpaired) electrons. The topological polar surface area (TPSA) is 66.4 Å². The number of aliphatic carboxylic acids is 1. The van der Waals surface area contributed by atoms with Crippen LogP contribution in [0.4, 0.5) is 0 Å². The summed E-state index contributed by atoms with van der Waals surface area (Å²) in [5.41, 5.74) is 1.79. The van der Waals surface area contributed by atoms with Crippen LogP contribution in [0.1, 0.15) is 38.8 Å². The van der Waals surface area contributed by atoms with Crippen LogP contribution in [0.2, 0.25) is 0 Å². The zero-order valence-corrected chi connectivity index (χ0v) is 12.7. The maximum atomic E-state index is 10.9. The van der Waals surface area contributed by atoms with E-state index in [4.69, 9.17) is 5.11 Å². The summed E-state index contributed by atoms with van der Waals surface area (Å²) in [5.74, 6) is -0.838. The van der Waals surface area contributed by atoms with Gasteiger partial charge in [0.25, 0.3) is 0 Å². The van der Waals surface area contributed by atoms with Crippen molar-refractivity contribution in [3.8, 4) is 0 Å². The van der Waals surface area contributed by atoms with Gasteiger partial charge in [0.05, 0.1) is 12.5 Å². The first-order valence-electron chi connectivity index (χ1n) is 7.02. The second kappa shape index (κ2) is 10.1. The Morgan fingerprint density at radius 1 is 1.20 bits per heavy atom. The molecule has 0 fully saturated rings. The van der Waals surface area contributed by atoms with Gasteiger partial charge in [-0.05, 0) is 17.5 Å². The highest BCUT2D eigenvalue weighted by atomic mass is 16.4.